The normalized spacial score (nSPS) is 26.3. The predicted molar refractivity (Wildman–Crippen MR) is 89.2 cm³/mol. The van der Waals surface area contributed by atoms with Crippen molar-refractivity contribution < 1.29 is 4.74 Å². The predicted octanol–water partition coefficient (Wildman–Crippen LogP) is 3.46. The maximum atomic E-state index is 5.87. The zero-order valence-electron chi connectivity index (χ0n) is 12.9. The first-order valence-corrected chi connectivity index (χ1v) is 8.04. The Labute approximate surface area is 131 Å². The molecule has 1 aliphatic heterocycles. The molecular weight excluding hydrogens is 272 g/mol. The summed E-state index contributed by atoms with van der Waals surface area (Å²) in [5.41, 5.74) is 10.9. The molecule has 3 N–H and O–H groups in total. The molecule has 1 fully saturated rings. The average molecular weight is 294 g/mol. The van der Waals surface area contributed by atoms with Crippen molar-refractivity contribution in [3.8, 4) is 5.75 Å². The molecule has 22 heavy (non-hydrogen) atoms. The number of nitrogens with one attached hydrogen (secondary N) is 1. The van der Waals surface area contributed by atoms with Gasteiger partial charge in [0.25, 0.3) is 0 Å². The van der Waals surface area contributed by atoms with Crippen LogP contribution in [0.25, 0.3) is 0 Å². The largest absolute Gasteiger partial charge is 0.497 e. The number of benzene rings is 2. The first-order chi connectivity index (χ1) is 10.8. The Balaban J connectivity index is 1.84. The minimum absolute atomic E-state index is 0.434. The van der Waals surface area contributed by atoms with Gasteiger partial charge < -0.3 is 15.8 Å². The van der Waals surface area contributed by atoms with Gasteiger partial charge in [-0.2, -0.15) is 0 Å². The molecule has 0 spiro atoms. The average Bonchev–Trinajstić information content (AvgIpc) is 2.89. The van der Waals surface area contributed by atoms with Crippen LogP contribution in [0.15, 0.2) is 42.5 Å². The van der Waals surface area contributed by atoms with Crippen LogP contribution in [0.2, 0.25) is 0 Å². The fourth-order valence-corrected chi connectivity index (χ4v) is 4.21. The van der Waals surface area contributed by atoms with Gasteiger partial charge in [-0.3, -0.25) is 0 Å². The summed E-state index contributed by atoms with van der Waals surface area (Å²) in [6.07, 6.45) is 2.52. The number of nitrogen functional groups attached to an aromatic ring is 1. The second kappa shape index (κ2) is 5.33. The number of ether oxygens (including phenoxy) is 1. The molecule has 3 nitrogen and oxygen atoms in total. The maximum absolute atomic E-state index is 5.87. The molecule has 1 saturated heterocycles. The fraction of sp³-hybridized carbons (Fsp3) is 0.368. The number of nitrogens with two attached hydrogens (primary N) is 1. The summed E-state index contributed by atoms with van der Waals surface area (Å²) in [5.74, 6) is 2.00. The van der Waals surface area contributed by atoms with E-state index in [2.05, 4.69) is 35.6 Å². The molecule has 2 aromatic rings. The van der Waals surface area contributed by atoms with Crippen molar-refractivity contribution in [1.29, 1.82) is 0 Å². The number of anilines is 1. The summed E-state index contributed by atoms with van der Waals surface area (Å²) < 4.78 is 5.46. The van der Waals surface area contributed by atoms with E-state index >= 15 is 0 Å². The summed E-state index contributed by atoms with van der Waals surface area (Å²) in [6, 6.07) is 15.4. The summed E-state index contributed by atoms with van der Waals surface area (Å²) >= 11 is 0. The number of methoxy groups -OCH3 is 1. The van der Waals surface area contributed by atoms with Crippen molar-refractivity contribution in [2.45, 2.75) is 24.8 Å². The molecule has 0 amide bonds. The van der Waals surface area contributed by atoms with Gasteiger partial charge >= 0.3 is 0 Å². The molecule has 0 radical (unpaired) electrons. The number of rotatable bonds is 2. The summed E-state index contributed by atoms with van der Waals surface area (Å²) in [7, 11) is 1.74. The summed E-state index contributed by atoms with van der Waals surface area (Å²) in [4.78, 5) is 0. The lowest BCUT2D eigenvalue weighted by atomic mass is 9.80. The van der Waals surface area contributed by atoms with Crippen molar-refractivity contribution in [2.75, 3.05) is 19.4 Å². The van der Waals surface area contributed by atoms with Crippen LogP contribution < -0.4 is 15.8 Å². The van der Waals surface area contributed by atoms with Crippen LogP contribution in [0.3, 0.4) is 0 Å². The van der Waals surface area contributed by atoms with Crippen LogP contribution in [0, 0.1) is 5.92 Å². The van der Waals surface area contributed by atoms with Crippen LogP contribution in [-0.4, -0.2) is 13.7 Å². The van der Waals surface area contributed by atoms with E-state index in [-0.39, 0.29) is 0 Å². The van der Waals surface area contributed by atoms with Gasteiger partial charge in [-0.15, -0.1) is 0 Å². The number of hydrogen-bond acceptors (Lipinski definition) is 3. The van der Waals surface area contributed by atoms with Crippen LogP contribution >= 0.6 is 0 Å². The minimum atomic E-state index is 0.434. The van der Waals surface area contributed by atoms with E-state index in [1.54, 1.807) is 7.11 Å². The highest BCUT2D eigenvalue weighted by Gasteiger charge is 2.42. The van der Waals surface area contributed by atoms with Crippen molar-refractivity contribution in [3.63, 3.8) is 0 Å². The van der Waals surface area contributed by atoms with Crippen LogP contribution in [0.4, 0.5) is 5.69 Å². The van der Waals surface area contributed by atoms with Crippen molar-refractivity contribution >= 4 is 5.69 Å². The van der Waals surface area contributed by atoms with Gasteiger partial charge in [0, 0.05) is 17.6 Å². The Kier molecular flexibility index (Phi) is 3.30. The molecule has 0 aromatic heterocycles. The zero-order chi connectivity index (χ0) is 15.1. The lowest BCUT2D eigenvalue weighted by Gasteiger charge is -2.31. The minimum Gasteiger partial charge on any atom is -0.497 e. The Morgan fingerprint density at radius 1 is 1.09 bits per heavy atom. The molecular formula is C19H22N2O. The third-order valence-corrected chi connectivity index (χ3v) is 5.19. The van der Waals surface area contributed by atoms with Gasteiger partial charge in [0.15, 0.2) is 0 Å². The molecule has 4 rings (SSSR count). The highest BCUT2D eigenvalue weighted by Crippen LogP contribution is 2.52. The molecule has 2 aromatic carbocycles. The molecule has 0 unspecified atom stereocenters. The van der Waals surface area contributed by atoms with E-state index < -0.39 is 0 Å². The van der Waals surface area contributed by atoms with E-state index in [4.69, 9.17) is 10.5 Å². The van der Waals surface area contributed by atoms with Gasteiger partial charge in [-0.05, 0) is 66.3 Å². The lowest BCUT2D eigenvalue weighted by molar-refractivity contribution is 0.287. The summed E-state index contributed by atoms with van der Waals surface area (Å²) in [6.45, 7) is 1.11. The Hall–Kier alpha value is -2.00. The topological polar surface area (TPSA) is 47.3 Å². The molecule has 2 aliphatic rings. The monoisotopic (exact) mass is 294 g/mol. The van der Waals surface area contributed by atoms with Gasteiger partial charge in [0.05, 0.1) is 7.11 Å². The second-order valence-corrected chi connectivity index (χ2v) is 6.38. The van der Waals surface area contributed by atoms with Gasteiger partial charge in [0.2, 0.25) is 0 Å². The molecule has 3 heteroatoms. The van der Waals surface area contributed by atoms with Crippen molar-refractivity contribution in [1.82, 2.24) is 5.32 Å². The Bertz CT molecular complexity index is 680. The van der Waals surface area contributed by atoms with E-state index in [9.17, 15) is 0 Å². The highest BCUT2D eigenvalue weighted by atomic mass is 16.5. The molecule has 1 aliphatic carbocycles. The SMILES string of the molecule is COc1ccc2c(c1)[C@H](c1ccc(N)cc1)[C@@H]1CCCN[C@H]21. The number of piperidine rings is 1. The summed E-state index contributed by atoms with van der Waals surface area (Å²) in [5, 5.41) is 3.72. The molecule has 0 bridgehead atoms. The maximum Gasteiger partial charge on any atom is 0.119 e. The molecule has 114 valence electrons. The number of hydrogen-bond donors (Lipinski definition) is 2. The lowest BCUT2D eigenvalue weighted by Crippen LogP contribution is -2.32. The first-order valence-electron chi connectivity index (χ1n) is 8.04. The van der Waals surface area contributed by atoms with E-state index in [0.29, 0.717) is 17.9 Å². The third-order valence-electron chi connectivity index (χ3n) is 5.19. The quantitative estimate of drug-likeness (QED) is 0.834. The van der Waals surface area contributed by atoms with Crippen LogP contribution in [0.1, 0.15) is 41.5 Å². The second-order valence-electron chi connectivity index (χ2n) is 6.38. The molecule has 0 saturated carbocycles. The van der Waals surface area contributed by atoms with E-state index in [1.807, 2.05) is 12.1 Å². The van der Waals surface area contributed by atoms with E-state index in [1.165, 1.54) is 29.5 Å². The van der Waals surface area contributed by atoms with Crippen molar-refractivity contribution in [2.24, 2.45) is 5.92 Å². The first kappa shape index (κ1) is 13.6. The fourth-order valence-electron chi connectivity index (χ4n) is 4.21. The van der Waals surface area contributed by atoms with E-state index in [0.717, 1.165) is 18.0 Å². The molecule has 1 heterocycles. The zero-order valence-corrected chi connectivity index (χ0v) is 12.9. The van der Waals surface area contributed by atoms with Crippen LogP contribution in [0.5, 0.6) is 5.75 Å². The Morgan fingerprint density at radius 2 is 1.91 bits per heavy atom. The van der Waals surface area contributed by atoms with Crippen LogP contribution in [-0.2, 0) is 0 Å². The van der Waals surface area contributed by atoms with Gasteiger partial charge in [-0.1, -0.05) is 18.2 Å². The molecule has 3 atom stereocenters. The van der Waals surface area contributed by atoms with Crippen molar-refractivity contribution in [3.05, 3.63) is 59.2 Å². The third kappa shape index (κ3) is 2.08. The van der Waals surface area contributed by atoms with Gasteiger partial charge in [-0.25, -0.2) is 0 Å². The smallest absolute Gasteiger partial charge is 0.119 e. The standard InChI is InChI=1S/C19H22N2O/c1-22-14-8-9-15-17(11-14)18(12-4-6-13(20)7-5-12)16-3-2-10-21-19(15)16/h4-9,11,16,18-19,21H,2-3,10,20H2,1H3/t16-,18+,19+/m0/s1. The van der Waals surface area contributed by atoms with Gasteiger partial charge in [0.1, 0.15) is 5.75 Å². The highest BCUT2D eigenvalue weighted by molar-refractivity contribution is 5.51. The number of fused-ring (bicyclic) bond motifs is 3. The Morgan fingerprint density at radius 3 is 2.68 bits per heavy atom.